The van der Waals surface area contributed by atoms with E-state index in [1.807, 2.05) is 19.1 Å². The van der Waals surface area contributed by atoms with E-state index in [9.17, 15) is 4.79 Å². The zero-order valence-corrected chi connectivity index (χ0v) is 19.8. The summed E-state index contributed by atoms with van der Waals surface area (Å²) in [5.41, 5.74) is 2.75. The van der Waals surface area contributed by atoms with Crippen molar-refractivity contribution in [1.29, 1.82) is 0 Å². The summed E-state index contributed by atoms with van der Waals surface area (Å²) in [4.78, 5) is 12.2. The number of carbonyl (C=O) groups excluding carboxylic acids is 1. The van der Waals surface area contributed by atoms with Crippen LogP contribution in [0, 0.1) is 6.92 Å². The minimum Gasteiger partial charge on any atom is -0.483 e. The molecule has 0 heterocycles. The van der Waals surface area contributed by atoms with Crippen LogP contribution in [-0.4, -0.2) is 17.6 Å². The van der Waals surface area contributed by atoms with E-state index in [4.69, 9.17) is 28.6 Å². The third-order valence-corrected chi connectivity index (χ3v) is 5.99. The van der Waals surface area contributed by atoms with Gasteiger partial charge in [0.2, 0.25) is 0 Å². The molecule has 0 saturated carbocycles. The van der Waals surface area contributed by atoms with Crippen molar-refractivity contribution in [1.82, 2.24) is 5.32 Å². The topological polar surface area (TPSA) is 50.4 Å². The molecular weight excluding hydrogens is 516 g/mol. The molecule has 0 aliphatic carbocycles. The van der Waals surface area contributed by atoms with E-state index < -0.39 is 0 Å². The van der Waals surface area contributed by atoms with Gasteiger partial charge in [-0.2, -0.15) is 0 Å². The molecule has 0 aromatic heterocycles. The molecule has 0 radical (unpaired) electrons. The number of hydrogen-bond donors (Lipinski definition) is 2. The van der Waals surface area contributed by atoms with Crippen LogP contribution in [0.3, 0.4) is 0 Å². The normalized spacial score (nSPS) is 10.6. The maximum atomic E-state index is 12.2. The van der Waals surface area contributed by atoms with Crippen LogP contribution in [0.2, 0.25) is 5.02 Å². The lowest BCUT2D eigenvalue weighted by Crippen LogP contribution is -2.37. The smallest absolute Gasteiger partial charge is 0.264 e. The SMILES string of the molecule is Cc1cc(OCC(=O)NC(=S)Nc2ccc(Br)c(Cl)c2)c(C(C)C)cc1Br. The summed E-state index contributed by atoms with van der Waals surface area (Å²) in [6.07, 6.45) is 0. The van der Waals surface area contributed by atoms with Gasteiger partial charge in [0.25, 0.3) is 5.91 Å². The molecule has 4 nitrogen and oxygen atoms in total. The van der Waals surface area contributed by atoms with E-state index >= 15 is 0 Å². The number of anilines is 1. The van der Waals surface area contributed by atoms with Gasteiger partial charge >= 0.3 is 0 Å². The number of amides is 1. The van der Waals surface area contributed by atoms with Gasteiger partial charge in [-0.25, -0.2) is 0 Å². The standard InChI is InChI=1S/C19H19Br2ClN2O2S/c1-10(2)13-8-15(21)11(3)6-17(13)26-9-18(25)24-19(27)23-12-4-5-14(20)16(22)7-12/h4-8,10H,9H2,1-3H3,(H2,23,24,25,27). The van der Waals surface area contributed by atoms with E-state index in [1.54, 1.807) is 18.2 Å². The predicted octanol–water partition coefficient (Wildman–Crippen LogP) is 6.19. The van der Waals surface area contributed by atoms with Gasteiger partial charge in [0, 0.05) is 14.6 Å². The molecule has 0 saturated heterocycles. The Bertz CT molecular complexity index is 875. The highest BCUT2D eigenvalue weighted by Gasteiger charge is 2.13. The number of rotatable bonds is 5. The van der Waals surface area contributed by atoms with Crippen LogP contribution < -0.4 is 15.4 Å². The highest BCUT2D eigenvalue weighted by atomic mass is 79.9. The monoisotopic (exact) mass is 532 g/mol. The number of hydrogen-bond acceptors (Lipinski definition) is 3. The Morgan fingerprint density at radius 2 is 1.93 bits per heavy atom. The average Bonchev–Trinajstić information content (AvgIpc) is 2.58. The Kier molecular flexibility index (Phi) is 8.09. The number of benzene rings is 2. The summed E-state index contributed by atoms with van der Waals surface area (Å²) in [6, 6.07) is 9.25. The van der Waals surface area contributed by atoms with E-state index in [1.165, 1.54) is 0 Å². The summed E-state index contributed by atoms with van der Waals surface area (Å²) >= 11 is 18.1. The first-order valence-corrected chi connectivity index (χ1v) is 10.5. The summed E-state index contributed by atoms with van der Waals surface area (Å²) < 4.78 is 7.53. The van der Waals surface area contributed by atoms with Crippen molar-refractivity contribution >= 4 is 72.4 Å². The van der Waals surface area contributed by atoms with Gasteiger partial charge in [-0.15, -0.1) is 0 Å². The van der Waals surface area contributed by atoms with Crippen molar-refractivity contribution < 1.29 is 9.53 Å². The van der Waals surface area contributed by atoms with Crippen LogP contribution in [0.25, 0.3) is 0 Å². The summed E-state index contributed by atoms with van der Waals surface area (Å²) in [5, 5.41) is 6.24. The number of halogens is 3. The quantitative estimate of drug-likeness (QED) is 0.449. The Balaban J connectivity index is 1.95. The highest BCUT2D eigenvalue weighted by molar-refractivity contribution is 9.10. The molecule has 0 spiro atoms. The maximum Gasteiger partial charge on any atom is 0.264 e. The van der Waals surface area contributed by atoms with Crippen molar-refractivity contribution in [3.63, 3.8) is 0 Å². The Morgan fingerprint density at radius 1 is 1.22 bits per heavy atom. The Hall–Kier alpha value is -1.15. The Labute approximate surface area is 186 Å². The molecule has 2 aromatic rings. The van der Waals surface area contributed by atoms with Crippen molar-refractivity contribution in [3.8, 4) is 5.75 Å². The second-order valence-electron chi connectivity index (χ2n) is 6.21. The third kappa shape index (κ3) is 6.45. The van der Waals surface area contributed by atoms with Gasteiger partial charge in [-0.05, 0) is 82.4 Å². The molecule has 27 heavy (non-hydrogen) atoms. The van der Waals surface area contributed by atoms with E-state index in [0.717, 1.165) is 20.1 Å². The average molecular weight is 535 g/mol. The van der Waals surface area contributed by atoms with Gasteiger partial charge in [0.05, 0.1) is 5.02 Å². The zero-order chi connectivity index (χ0) is 20.1. The molecule has 2 N–H and O–H groups in total. The second-order valence-corrected chi connectivity index (χ2v) is 8.74. The van der Waals surface area contributed by atoms with Crippen LogP contribution in [-0.2, 0) is 4.79 Å². The van der Waals surface area contributed by atoms with E-state index in [2.05, 4.69) is 56.3 Å². The lowest BCUT2D eigenvalue weighted by Gasteiger charge is -2.16. The fraction of sp³-hybridized carbons (Fsp3) is 0.263. The van der Waals surface area contributed by atoms with E-state index in [-0.39, 0.29) is 23.5 Å². The van der Waals surface area contributed by atoms with Gasteiger partial charge in [0.1, 0.15) is 5.75 Å². The molecule has 2 aromatic carbocycles. The molecule has 0 aliphatic rings. The zero-order valence-electron chi connectivity index (χ0n) is 15.0. The first-order chi connectivity index (χ1) is 12.7. The van der Waals surface area contributed by atoms with Crippen molar-refractivity contribution in [2.24, 2.45) is 0 Å². The molecule has 0 bridgehead atoms. The Morgan fingerprint density at radius 3 is 2.56 bits per heavy atom. The molecule has 0 unspecified atom stereocenters. The molecule has 2 rings (SSSR count). The van der Waals surface area contributed by atoms with Gasteiger partial charge < -0.3 is 10.1 Å². The molecule has 144 valence electrons. The van der Waals surface area contributed by atoms with Crippen molar-refractivity contribution in [3.05, 3.63) is 55.4 Å². The predicted molar refractivity (Wildman–Crippen MR) is 122 cm³/mol. The molecule has 0 atom stereocenters. The third-order valence-electron chi connectivity index (χ3n) is 3.70. The second kappa shape index (κ2) is 9.87. The van der Waals surface area contributed by atoms with E-state index in [0.29, 0.717) is 16.5 Å². The number of carbonyl (C=O) groups is 1. The largest absolute Gasteiger partial charge is 0.483 e. The molecule has 0 aliphatic heterocycles. The number of nitrogens with one attached hydrogen (secondary N) is 2. The van der Waals surface area contributed by atoms with Crippen LogP contribution in [0.4, 0.5) is 5.69 Å². The minimum absolute atomic E-state index is 0.135. The fourth-order valence-corrected chi connectivity index (χ4v) is 3.31. The van der Waals surface area contributed by atoms with Crippen LogP contribution in [0.15, 0.2) is 39.3 Å². The summed E-state index contributed by atoms with van der Waals surface area (Å²) in [7, 11) is 0. The van der Waals surface area contributed by atoms with Gasteiger partial charge in [0.15, 0.2) is 11.7 Å². The fourth-order valence-electron chi connectivity index (χ4n) is 2.29. The molecule has 8 heteroatoms. The summed E-state index contributed by atoms with van der Waals surface area (Å²) in [6.45, 7) is 5.99. The van der Waals surface area contributed by atoms with Crippen molar-refractivity contribution in [2.45, 2.75) is 26.7 Å². The van der Waals surface area contributed by atoms with Gasteiger partial charge in [-0.1, -0.05) is 41.4 Å². The van der Waals surface area contributed by atoms with Gasteiger partial charge in [-0.3, -0.25) is 10.1 Å². The first-order valence-electron chi connectivity index (χ1n) is 8.16. The number of thiocarbonyl (C=S) groups is 1. The minimum atomic E-state index is -0.342. The lowest BCUT2D eigenvalue weighted by molar-refractivity contribution is -0.121. The molecule has 1 amide bonds. The van der Waals surface area contributed by atoms with Crippen LogP contribution in [0.5, 0.6) is 5.75 Å². The number of aryl methyl sites for hydroxylation is 1. The first kappa shape index (κ1) is 22.1. The van der Waals surface area contributed by atoms with Crippen LogP contribution >= 0.6 is 55.7 Å². The maximum absolute atomic E-state index is 12.2. The molecular formula is C19H19Br2ClN2O2S. The lowest BCUT2D eigenvalue weighted by atomic mass is 10.0. The number of ether oxygens (including phenoxy) is 1. The summed E-state index contributed by atoms with van der Waals surface area (Å²) in [5.74, 6) is 0.621. The highest BCUT2D eigenvalue weighted by Crippen LogP contribution is 2.32. The molecule has 0 fully saturated rings. The van der Waals surface area contributed by atoms with Crippen LogP contribution in [0.1, 0.15) is 30.9 Å². The van der Waals surface area contributed by atoms with Crippen molar-refractivity contribution in [2.75, 3.05) is 11.9 Å².